The summed E-state index contributed by atoms with van der Waals surface area (Å²) in [5.41, 5.74) is 7.51. The van der Waals surface area contributed by atoms with E-state index < -0.39 is 5.41 Å². The SMILES string of the molecule is NC[C@@H]1CN(C(=O)C2(c3c(Cl)cccc3Cl)CC2)C[C@H]1c1ccccc1. The van der Waals surface area contributed by atoms with Crippen LogP contribution in [0.3, 0.4) is 0 Å². The molecular formula is C21H22Cl2N2O. The van der Waals surface area contributed by atoms with Gasteiger partial charge < -0.3 is 10.6 Å². The smallest absolute Gasteiger partial charge is 0.233 e. The van der Waals surface area contributed by atoms with Gasteiger partial charge in [0.1, 0.15) is 0 Å². The van der Waals surface area contributed by atoms with Crippen molar-refractivity contribution in [2.24, 2.45) is 11.7 Å². The highest BCUT2D eigenvalue weighted by Crippen LogP contribution is 2.54. The van der Waals surface area contributed by atoms with Crippen LogP contribution in [0.5, 0.6) is 0 Å². The molecule has 5 heteroatoms. The summed E-state index contributed by atoms with van der Waals surface area (Å²) in [6.07, 6.45) is 1.60. The van der Waals surface area contributed by atoms with E-state index in [1.807, 2.05) is 41.3 Å². The van der Waals surface area contributed by atoms with Gasteiger partial charge in [0.25, 0.3) is 0 Å². The van der Waals surface area contributed by atoms with Gasteiger partial charge in [-0.25, -0.2) is 0 Å². The Kier molecular flexibility index (Phi) is 4.72. The fourth-order valence-corrected chi connectivity index (χ4v) is 5.07. The average molecular weight is 389 g/mol. The molecule has 4 rings (SSSR count). The number of nitrogens with two attached hydrogens (primary N) is 1. The van der Waals surface area contributed by atoms with Crippen molar-refractivity contribution in [1.29, 1.82) is 0 Å². The average Bonchev–Trinajstić information content (AvgIpc) is 3.32. The number of benzene rings is 2. The lowest BCUT2D eigenvalue weighted by Gasteiger charge is -2.25. The number of rotatable bonds is 4. The van der Waals surface area contributed by atoms with E-state index in [0.29, 0.717) is 29.7 Å². The summed E-state index contributed by atoms with van der Waals surface area (Å²) in [7, 11) is 0. The Hall–Kier alpha value is -1.55. The molecule has 0 unspecified atom stereocenters. The van der Waals surface area contributed by atoms with E-state index in [1.165, 1.54) is 5.56 Å². The molecule has 0 radical (unpaired) electrons. The third-order valence-electron chi connectivity index (χ3n) is 5.86. The molecule has 2 aromatic rings. The van der Waals surface area contributed by atoms with Crippen LogP contribution < -0.4 is 5.73 Å². The van der Waals surface area contributed by atoms with Crippen LogP contribution in [0.15, 0.2) is 48.5 Å². The Morgan fingerprint density at radius 3 is 2.27 bits per heavy atom. The van der Waals surface area contributed by atoms with Crippen molar-refractivity contribution in [1.82, 2.24) is 4.90 Å². The summed E-state index contributed by atoms with van der Waals surface area (Å²) >= 11 is 12.8. The Morgan fingerprint density at radius 2 is 1.69 bits per heavy atom. The van der Waals surface area contributed by atoms with Gasteiger partial charge >= 0.3 is 0 Å². The van der Waals surface area contributed by atoms with Gasteiger partial charge in [-0.05, 0) is 43.0 Å². The molecular weight excluding hydrogens is 367 g/mol. The zero-order valence-corrected chi connectivity index (χ0v) is 16.0. The van der Waals surface area contributed by atoms with E-state index in [4.69, 9.17) is 28.9 Å². The number of halogens is 2. The molecule has 2 aromatic carbocycles. The number of hydrogen-bond donors (Lipinski definition) is 1. The summed E-state index contributed by atoms with van der Waals surface area (Å²) in [5, 5.41) is 1.16. The standard InChI is InChI=1S/C21H22Cl2N2O/c22-17-7-4-8-18(23)19(17)21(9-10-21)20(26)25-12-15(11-24)16(13-25)14-5-2-1-3-6-14/h1-8,15-16H,9-13,24H2/t15-,16+/m1/s1. The van der Waals surface area contributed by atoms with Crippen molar-refractivity contribution in [2.45, 2.75) is 24.2 Å². The third kappa shape index (κ3) is 2.92. The van der Waals surface area contributed by atoms with Crippen molar-refractivity contribution in [2.75, 3.05) is 19.6 Å². The molecule has 1 amide bonds. The number of likely N-dealkylation sites (tertiary alicyclic amines) is 1. The number of nitrogens with zero attached hydrogens (tertiary/aromatic N) is 1. The second-order valence-electron chi connectivity index (χ2n) is 7.40. The number of hydrogen-bond acceptors (Lipinski definition) is 2. The van der Waals surface area contributed by atoms with Crippen LogP contribution in [-0.4, -0.2) is 30.4 Å². The summed E-state index contributed by atoms with van der Waals surface area (Å²) in [5.74, 6) is 0.700. The molecule has 3 nitrogen and oxygen atoms in total. The molecule has 2 atom stereocenters. The summed E-state index contributed by atoms with van der Waals surface area (Å²) < 4.78 is 0. The molecule has 0 spiro atoms. The topological polar surface area (TPSA) is 46.3 Å². The molecule has 2 fully saturated rings. The van der Waals surface area contributed by atoms with Gasteiger partial charge in [0.2, 0.25) is 5.91 Å². The lowest BCUT2D eigenvalue weighted by Crippen LogP contribution is -2.38. The Labute approximate surface area is 164 Å². The lowest BCUT2D eigenvalue weighted by atomic mass is 9.89. The maximum absolute atomic E-state index is 13.4. The number of amides is 1. The van der Waals surface area contributed by atoms with Gasteiger partial charge in [-0.1, -0.05) is 59.6 Å². The molecule has 0 bridgehead atoms. The Balaban J connectivity index is 1.61. The number of carbonyl (C=O) groups is 1. The highest BCUT2D eigenvalue weighted by atomic mass is 35.5. The minimum Gasteiger partial charge on any atom is -0.341 e. The summed E-state index contributed by atoms with van der Waals surface area (Å²) in [6, 6.07) is 15.8. The quantitative estimate of drug-likeness (QED) is 0.851. The van der Waals surface area contributed by atoms with Crippen LogP contribution in [0, 0.1) is 5.92 Å². The summed E-state index contributed by atoms with van der Waals surface area (Å²) in [6.45, 7) is 1.97. The van der Waals surface area contributed by atoms with Crippen molar-refractivity contribution in [3.63, 3.8) is 0 Å². The fraction of sp³-hybridized carbons (Fsp3) is 0.381. The zero-order chi connectivity index (χ0) is 18.3. The molecule has 1 aliphatic carbocycles. The van der Waals surface area contributed by atoms with Crippen LogP contribution >= 0.6 is 23.2 Å². The molecule has 2 aliphatic rings. The second kappa shape index (κ2) is 6.88. The molecule has 2 N–H and O–H groups in total. The van der Waals surface area contributed by atoms with Crippen LogP contribution in [0.25, 0.3) is 0 Å². The Bertz CT molecular complexity index is 800. The van der Waals surface area contributed by atoms with Gasteiger partial charge in [-0.2, -0.15) is 0 Å². The fourth-order valence-electron chi connectivity index (χ4n) is 4.31. The second-order valence-corrected chi connectivity index (χ2v) is 8.22. The predicted molar refractivity (Wildman–Crippen MR) is 106 cm³/mol. The third-order valence-corrected chi connectivity index (χ3v) is 6.49. The van der Waals surface area contributed by atoms with Crippen LogP contribution in [0.4, 0.5) is 0 Å². The van der Waals surface area contributed by atoms with Gasteiger partial charge in [0.15, 0.2) is 0 Å². The first kappa shape index (κ1) is 17.8. The van der Waals surface area contributed by atoms with Crippen molar-refractivity contribution >= 4 is 29.1 Å². The van der Waals surface area contributed by atoms with Gasteiger partial charge in [0, 0.05) is 34.6 Å². The molecule has 26 heavy (non-hydrogen) atoms. The normalized spacial score (nSPS) is 23.9. The van der Waals surface area contributed by atoms with E-state index in [0.717, 1.165) is 18.4 Å². The zero-order valence-electron chi connectivity index (χ0n) is 14.5. The number of carbonyl (C=O) groups excluding carboxylic acids is 1. The monoisotopic (exact) mass is 388 g/mol. The first-order chi connectivity index (χ1) is 12.6. The van der Waals surface area contributed by atoms with Crippen LogP contribution in [-0.2, 0) is 10.2 Å². The van der Waals surface area contributed by atoms with E-state index in [-0.39, 0.29) is 17.7 Å². The first-order valence-corrected chi connectivity index (χ1v) is 9.81. The lowest BCUT2D eigenvalue weighted by molar-refractivity contribution is -0.133. The molecule has 1 saturated heterocycles. The molecule has 1 saturated carbocycles. The molecule has 0 aromatic heterocycles. The minimum absolute atomic E-state index is 0.143. The molecule has 136 valence electrons. The van der Waals surface area contributed by atoms with Gasteiger partial charge in [0.05, 0.1) is 5.41 Å². The largest absolute Gasteiger partial charge is 0.341 e. The predicted octanol–water partition coefficient (Wildman–Crippen LogP) is 4.23. The van der Waals surface area contributed by atoms with Crippen LogP contribution in [0.1, 0.15) is 29.9 Å². The highest BCUT2D eigenvalue weighted by molar-refractivity contribution is 6.36. The minimum atomic E-state index is -0.555. The van der Waals surface area contributed by atoms with E-state index in [9.17, 15) is 4.79 Å². The maximum Gasteiger partial charge on any atom is 0.233 e. The van der Waals surface area contributed by atoms with E-state index >= 15 is 0 Å². The first-order valence-electron chi connectivity index (χ1n) is 9.05. The summed E-state index contributed by atoms with van der Waals surface area (Å²) in [4.78, 5) is 15.4. The van der Waals surface area contributed by atoms with E-state index in [2.05, 4.69) is 12.1 Å². The van der Waals surface area contributed by atoms with E-state index in [1.54, 1.807) is 0 Å². The Morgan fingerprint density at radius 1 is 1.04 bits per heavy atom. The van der Waals surface area contributed by atoms with Gasteiger partial charge in [-0.3, -0.25) is 4.79 Å². The maximum atomic E-state index is 13.4. The molecule has 1 heterocycles. The van der Waals surface area contributed by atoms with Crippen molar-refractivity contribution in [3.8, 4) is 0 Å². The van der Waals surface area contributed by atoms with Crippen molar-refractivity contribution in [3.05, 3.63) is 69.7 Å². The van der Waals surface area contributed by atoms with Crippen molar-refractivity contribution < 1.29 is 4.79 Å². The molecule has 1 aliphatic heterocycles. The highest BCUT2D eigenvalue weighted by Gasteiger charge is 2.56. The van der Waals surface area contributed by atoms with Gasteiger partial charge in [-0.15, -0.1) is 0 Å². The van der Waals surface area contributed by atoms with Crippen LogP contribution in [0.2, 0.25) is 10.0 Å².